The van der Waals surface area contributed by atoms with Crippen molar-refractivity contribution in [1.29, 1.82) is 0 Å². The van der Waals surface area contributed by atoms with Gasteiger partial charge in [-0.05, 0) is 24.6 Å². The Morgan fingerprint density at radius 3 is 2.75 bits per heavy atom. The summed E-state index contributed by atoms with van der Waals surface area (Å²) in [5.74, 6) is 0. The Labute approximate surface area is 103 Å². The number of H-pyrrole nitrogens is 1. The largest absolute Gasteiger partial charge is 0.347 e. The Balaban J connectivity index is 1.93. The van der Waals surface area contributed by atoms with E-state index in [2.05, 4.69) is 62.4 Å². The highest BCUT2D eigenvalue weighted by atomic mass is 79.9. The Bertz CT molecular complexity index is 422. The predicted octanol–water partition coefficient (Wildman–Crippen LogP) is 3.02. The van der Waals surface area contributed by atoms with Crippen LogP contribution in [0.3, 0.4) is 0 Å². The van der Waals surface area contributed by atoms with Gasteiger partial charge in [0.2, 0.25) is 0 Å². The zero-order chi connectivity index (χ0) is 11.4. The molecule has 1 aromatic heterocycles. The van der Waals surface area contributed by atoms with Gasteiger partial charge in [0.25, 0.3) is 0 Å². The number of imidazole rings is 1. The van der Waals surface area contributed by atoms with E-state index < -0.39 is 0 Å². The molecular formula is C12H14BrN3. The molecule has 0 bridgehead atoms. The third-order valence-electron chi connectivity index (χ3n) is 2.52. The number of nitrogens with zero attached hydrogens (tertiary/aromatic N) is 1. The number of hydrogen-bond donors (Lipinski definition) is 2. The van der Waals surface area contributed by atoms with Gasteiger partial charge < -0.3 is 10.3 Å². The predicted molar refractivity (Wildman–Crippen MR) is 68.0 cm³/mol. The molecule has 4 heteroatoms. The van der Waals surface area contributed by atoms with E-state index in [1.807, 2.05) is 6.20 Å². The molecule has 0 radical (unpaired) electrons. The molecule has 0 amide bonds. The van der Waals surface area contributed by atoms with E-state index in [0.717, 1.165) is 16.7 Å². The van der Waals surface area contributed by atoms with Gasteiger partial charge in [0.05, 0.1) is 6.33 Å². The fourth-order valence-corrected chi connectivity index (χ4v) is 1.78. The Morgan fingerprint density at radius 2 is 2.12 bits per heavy atom. The quantitative estimate of drug-likeness (QED) is 0.903. The third kappa shape index (κ3) is 2.93. The summed E-state index contributed by atoms with van der Waals surface area (Å²) in [6, 6.07) is 8.69. The second-order valence-corrected chi connectivity index (χ2v) is 4.65. The molecule has 3 nitrogen and oxygen atoms in total. The lowest BCUT2D eigenvalue weighted by molar-refractivity contribution is 0.569. The van der Waals surface area contributed by atoms with Crippen LogP contribution in [-0.2, 0) is 6.54 Å². The van der Waals surface area contributed by atoms with Gasteiger partial charge >= 0.3 is 0 Å². The van der Waals surface area contributed by atoms with Gasteiger partial charge in [0.15, 0.2) is 0 Å². The summed E-state index contributed by atoms with van der Waals surface area (Å²) in [7, 11) is 0. The first-order valence-electron chi connectivity index (χ1n) is 5.22. The SMILES string of the molecule is C[C@H](NCc1cnc[nH]1)c1ccc(Br)cc1. The highest BCUT2D eigenvalue weighted by Crippen LogP contribution is 2.16. The number of halogens is 1. The zero-order valence-electron chi connectivity index (χ0n) is 9.07. The lowest BCUT2D eigenvalue weighted by Crippen LogP contribution is -2.18. The molecule has 2 aromatic rings. The molecule has 0 saturated heterocycles. The van der Waals surface area contributed by atoms with Crippen molar-refractivity contribution >= 4 is 15.9 Å². The van der Waals surface area contributed by atoms with Gasteiger partial charge in [-0.25, -0.2) is 4.98 Å². The smallest absolute Gasteiger partial charge is 0.0922 e. The van der Waals surface area contributed by atoms with Crippen LogP contribution >= 0.6 is 15.9 Å². The molecule has 0 aliphatic rings. The van der Waals surface area contributed by atoms with Gasteiger partial charge in [-0.3, -0.25) is 0 Å². The van der Waals surface area contributed by atoms with Crippen molar-refractivity contribution in [2.75, 3.05) is 0 Å². The minimum absolute atomic E-state index is 0.330. The van der Waals surface area contributed by atoms with E-state index in [0.29, 0.717) is 6.04 Å². The number of aromatic amines is 1. The first-order valence-corrected chi connectivity index (χ1v) is 6.01. The van der Waals surface area contributed by atoms with Crippen molar-refractivity contribution in [2.45, 2.75) is 19.5 Å². The minimum atomic E-state index is 0.330. The highest BCUT2D eigenvalue weighted by molar-refractivity contribution is 9.10. The van der Waals surface area contributed by atoms with E-state index in [1.165, 1.54) is 5.56 Å². The molecule has 0 aliphatic heterocycles. The van der Waals surface area contributed by atoms with Crippen LogP contribution < -0.4 is 5.32 Å². The standard InChI is InChI=1S/C12H14BrN3/c1-9(10-2-4-11(13)5-3-10)15-7-12-6-14-8-16-12/h2-6,8-9,15H,7H2,1H3,(H,14,16)/t9-/m0/s1. The molecule has 0 saturated carbocycles. The molecule has 84 valence electrons. The van der Waals surface area contributed by atoms with Gasteiger partial charge in [-0.2, -0.15) is 0 Å². The second-order valence-electron chi connectivity index (χ2n) is 3.73. The fourth-order valence-electron chi connectivity index (χ4n) is 1.51. The molecular weight excluding hydrogens is 266 g/mol. The van der Waals surface area contributed by atoms with Crippen LogP contribution in [0.25, 0.3) is 0 Å². The average Bonchev–Trinajstić information content (AvgIpc) is 2.80. The topological polar surface area (TPSA) is 40.7 Å². The molecule has 2 rings (SSSR count). The van der Waals surface area contributed by atoms with E-state index in [4.69, 9.17) is 0 Å². The van der Waals surface area contributed by atoms with Crippen molar-refractivity contribution in [3.63, 3.8) is 0 Å². The molecule has 0 aliphatic carbocycles. The van der Waals surface area contributed by atoms with Gasteiger partial charge in [0, 0.05) is 29.0 Å². The van der Waals surface area contributed by atoms with Gasteiger partial charge in [-0.1, -0.05) is 28.1 Å². The van der Waals surface area contributed by atoms with Crippen LogP contribution in [-0.4, -0.2) is 9.97 Å². The summed E-state index contributed by atoms with van der Waals surface area (Å²) in [6.07, 6.45) is 3.53. The van der Waals surface area contributed by atoms with E-state index in [1.54, 1.807) is 6.33 Å². The molecule has 1 heterocycles. The Kier molecular flexibility index (Phi) is 3.74. The van der Waals surface area contributed by atoms with E-state index in [9.17, 15) is 0 Å². The normalized spacial score (nSPS) is 12.6. The maximum Gasteiger partial charge on any atom is 0.0922 e. The first kappa shape index (κ1) is 11.4. The number of hydrogen-bond acceptors (Lipinski definition) is 2. The van der Waals surface area contributed by atoms with E-state index >= 15 is 0 Å². The number of rotatable bonds is 4. The maximum absolute atomic E-state index is 3.98. The Hall–Kier alpha value is -1.13. The Morgan fingerprint density at radius 1 is 1.38 bits per heavy atom. The summed E-state index contributed by atoms with van der Waals surface area (Å²) in [5, 5.41) is 3.43. The molecule has 1 atom stereocenters. The fraction of sp³-hybridized carbons (Fsp3) is 0.250. The molecule has 16 heavy (non-hydrogen) atoms. The van der Waals surface area contributed by atoms with Crippen LogP contribution in [0.5, 0.6) is 0 Å². The second kappa shape index (κ2) is 5.27. The van der Waals surface area contributed by atoms with Crippen LogP contribution in [0.2, 0.25) is 0 Å². The highest BCUT2D eigenvalue weighted by Gasteiger charge is 2.04. The van der Waals surface area contributed by atoms with Crippen molar-refractivity contribution in [1.82, 2.24) is 15.3 Å². The molecule has 1 aromatic carbocycles. The molecule has 2 N–H and O–H groups in total. The summed E-state index contributed by atoms with van der Waals surface area (Å²) >= 11 is 3.43. The van der Waals surface area contributed by atoms with Crippen molar-refractivity contribution in [3.05, 3.63) is 52.5 Å². The van der Waals surface area contributed by atoms with Crippen LogP contribution in [0.1, 0.15) is 24.2 Å². The summed E-state index contributed by atoms with van der Waals surface area (Å²) in [4.78, 5) is 7.05. The molecule has 0 fully saturated rings. The van der Waals surface area contributed by atoms with Crippen LogP contribution in [0, 0.1) is 0 Å². The first-order chi connectivity index (χ1) is 7.75. The van der Waals surface area contributed by atoms with Crippen LogP contribution in [0.15, 0.2) is 41.3 Å². The number of benzene rings is 1. The van der Waals surface area contributed by atoms with Crippen molar-refractivity contribution in [3.8, 4) is 0 Å². The average molecular weight is 280 g/mol. The van der Waals surface area contributed by atoms with Crippen LogP contribution in [0.4, 0.5) is 0 Å². The number of nitrogens with one attached hydrogen (secondary N) is 2. The summed E-state index contributed by atoms with van der Waals surface area (Å²) in [5.41, 5.74) is 2.38. The third-order valence-corrected chi connectivity index (χ3v) is 3.05. The lowest BCUT2D eigenvalue weighted by atomic mass is 10.1. The maximum atomic E-state index is 3.98. The van der Waals surface area contributed by atoms with Crippen molar-refractivity contribution in [2.24, 2.45) is 0 Å². The zero-order valence-corrected chi connectivity index (χ0v) is 10.7. The summed E-state index contributed by atoms with van der Waals surface area (Å²) < 4.78 is 1.11. The van der Waals surface area contributed by atoms with Crippen molar-refractivity contribution < 1.29 is 0 Å². The lowest BCUT2D eigenvalue weighted by Gasteiger charge is -2.13. The van der Waals surface area contributed by atoms with Gasteiger partial charge in [0.1, 0.15) is 0 Å². The number of aromatic nitrogens is 2. The minimum Gasteiger partial charge on any atom is -0.347 e. The van der Waals surface area contributed by atoms with E-state index in [-0.39, 0.29) is 0 Å². The summed E-state index contributed by atoms with van der Waals surface area (Å²) in [6.45, 7) is 2.96. The molecule has 0 spiro atoms. The molecule has 0 unspecified atom stereocenters. The monoisotopic (exact) mass is 279 g/mol. The van der Waals surface area contributed by atoms with Gasteiger partial charge in [-0.15, -0.1) is 0 Å².